The number of hydrogen-bond donors (Lipinski definition) is 0. The Labute approximate surface area is 140 Å². The van der Waals surface area contributed by atoms with Crippen molar-refractivity contribution in [1.29, 1.82) is 0 Å². The molecule has 24 heavy (non-hydrogen) atoms. The minimum absolute atomic E-state index is 0.241. The number of ether oxygens (including phenoxy) is 1. The molecule has 0 saturated heterocycles. The van der Waals surface area contributed by atoms with Crippen molar-refractivity contribution in [3.8, 4) is 5.75 Å². The predicted octanol–water partition coefficient (Wildman–Crippen LogP) is 2.77. The molecule has 1 heterocycles. The van der Waals surface area contributed by atoms with Crippen LogP contribution in [-0.4, -0.2) is 32.5 Å². The van der Waals surface area contributed by atoms with Gasteiger partial charge in [0, 0.05) is 19.4 Å². The minimum Gasteiger partial charge on any atom is -0.497 e. The molecule has 1 aromatic heterocycles. The van der Waals surface area contributed by atoms with Crippen LogP contribution in [0.15, 0.2) is 53.7 Å². The van der Waals surface area contributed by atoms with Gasteiger partial charge < -0.3 is 4.74 Å². The first-order valence-corrected chi connectivity index (χ1v) is 8.72. The average Bonchev–Trinajstić information content (AvgIpc) is 2.60. The second-order valence-corrected chi connectivity index (χ2v) is 7.27. The van der Waals surface area contributed by atoms with Gasteiger partial charge in [0.1, 0.15) is 5.75 Å². The second-order valence-electron chi connectivity index (χ2n) is 5.33. The summed E-state index contributed by atoms with van der Waals surface area (Å²) in [6, 6.07) is 10.1. The van der Waals surface area contributed by atoms with Crippen LogP contribution >= 0.6 is 0 Å². The van der Waals surface area contributed by atoms with Gasteiger partial charge in [-0.1, -0.05) is 0 Å². The SMILES string of the molecule is COc1ccc(S(=O)(=O)N(C)c2ccc3nccnc3c2)c(C)c1. The number of sulfonamides is 1. The average molecular weight is 343 g/mol. The van der Waals surface area contributed by atoms with Gasteiger partial charge in [0.15, 0.2) is 0 Å². The van der Waals surface area contributed by atoms with Crippen LogP contribution in [0.3, 0.4) is 0 Å². The van der Waals surface area contributed by atoms with E-state index in [1.165, 1.54) is 11.4 Å². The molecule has 0 radical (unpaired) electrons. The Morgan fingerprint density at radius 1 is 1.00 bits per heavy atom. The molecule has 0 bridgehead atoms. The molecule has 0 aliphatic rings. The Hall–Kier alpha value is -2.67. The highest BCUT2D eigenvalue weighted by molar-refractivity contribution is 7.92. The fourth-order valence-electron chi connectivity index (χ4n) is 2.47. The zero-order chi connectivity index (χ0) is 17.3. The van der Waals surface area contributed by atoms with E-state index in [1.54, 1.807) is 62.8 Å². The molecule has 124 valence electrons. The summed E-state index contributed by atoms with van der Waals surface area (Å²) in [5.74, 6) is 0.620. The molecule has 0 unspecified atom stereocenters. The molecule has 0 N–H and O–H groups in total. The number of benzene rings is 2. The summed E-state index contributed by atoms with van der Waals surface area (Å²) >= 11 is 0. The first-order valence-electron chi connectivity index (χ1n) is 7.28. The lowest BCUT2D eigenvalue weighted by molar-refractivity contribution is 0.414. The van der Waals surface area contributed by atoms with E-state index in [9.17, 15) is 8.42 Å². The third-order valence-electron chi connectivity index (χ3n) is 3.84. The predicted molar refractivity (Wildman–Crippen MR) is 92.9 cm³/mol. The highest BCUT2D eigenvalue weighted by atomic mass is 32.2. The van der Waals surface area contributed by atoms with Gasteiger partial charge in [-0.2, -0.15) is 0 Å². The molecular formula is C17H17N3O3S. The monoisotopic (exact) mass is 343 g/mol. The smallest absolute Gasteiger partial charge is 0.264 e. The van der Waals surface area contributed by atoms with E-state index in [0.29, 0.717) is 28.0 Å². The Morgan fingerprint density at radius 2 is 1.71 bits per heavy atom. The summed E-state index contributed by atoms with van der Waals surface area (Å²) in [5.41, 5.74) is 2.51. The largest absolute Gasteiger partial charge is 0.497 e. The number of aromatic nitrogens is 2. The van der Waals surface area contributed by atoms with E-state index in [0.717, 1.165) is 0 Å². The maximum absolute atomic E-state index is 12.9. The van der Waals surface area contributed by atoms with Gasteiger partial charge in [0.25, 0.3) is 10.0 Å². The van der Waals surface area contributed by atoms with Crippen molar-refractivity contribution in [2.75, 3.05) is 18.5 Å². The molecule has 6 nitrogen and oxygen atoms in total. The number of aryl methyl sites for hydroxylation is 1. The molecule has 3 rings (SSSR count). The van der Waals surface area contributed by atoms with Crippen molar-refractivity contribution in [3.05, 3.63) is 54.4 Å². The molecule has 0 atom stereocenters. The van der Waals surface area contributed by atoms with Crippen LogP contribution in [0.4, 0.5) is 5.69 Å². The summed E-state index contributed by atoms with van der Waals surface area (Å²) in [6.07, 6.45) is 3.18. The quantitative estimate of drug-likeness (QED) is 0.728. The van der Waals surface area contributed by atoms with Gasteiger partial charge in [-0.3, -0.25) is 14.3 Å². The molecule has 0 spiro atoms. The van der Waals surface area contributed by atoms with Crippen LogP contribution in [0.2, 0.25) is 0 Å². The van der Waals surface area contributed by atoms with Crippen molar-refractivity contribution in [3.63, 3.8) is 0 Å². The topological polar surface area (TPSA) is 72.4 Å². The van der Waals surface area contributed by atoms with Crippen molar-refractivity contribution >= 4 is 26.7 Å². The summed E-state index contributed by atoms with van der Waals surface area (Å²) in [7, 11) is -0.616. The van der Waals surface area contributed by atoms with Crippen LogP contribution in [0.1, 0.15) is 5.56 Å². The molecule has 0 amide bonds. The van der Waals surface area contributed by atoms with Crippen LogP contribution in [0.25, 0.3) is 11.0 Å². The molecule has 2 aromatic carbocycles. The van der Waals surface area contributed by atoms with Crippen molar-refractivity contribution < 1.29 is 13.2 Å². The normalized spacial score (nSPS) is 11.5. The zero-order valence-corrected chi connectivity index (χ0v) is 14.4. The first kappa shape index (κ1) is 16.2. The van der Waals surface area contributed by atoms with Gasteiger partial charge in [-0.15, -0.1) is 0 Å². The lowest BCUT2D eigenvalue weighted by atomic mass is 10.2. The maximum atomic E-state index is 12.9. The van der Waals surface area contributed by atoms with E-state index in [4.69, 9.17) is 4.74 Å². The fourth-order valence-corrected chi connectivity index (χ4v) is 3.86. The molecule has 0 fully saturated rings. The van der Waals surface area contributed by atoms with Gasteiger partial charge in [-0.25, -0.2) is 8.42 Å². The van der Waals surface area contributed by atoms with Crippen molar-refractivity contribution in [2.24, 2.45) is 0 Å². The number of anilines is 1. The molecule has 0 aliphatic carbocycles. The summed E-state index contributed by atoms with van der Waals surface area (Å²) in [4.78, 5) is 8.65. The number of hydrogen-bond acceptors (Lipinski definition) is 5. The summed E-state index contributed by atoms with van der Waals surface area (Å²) in [5, 5.41) is 0. The number of methoxy groups -OCH3 is 1. The van der Waals surface area contributed by atoms with E-state index in [-0.39, 0.29) is 4.90 Å². The Morgan fingerprint density at radius 3 is 2.38 bits per heavy atom. The Kier molecular flexibility index (Phi) is 4.11. The third-order valence-corrected chi connectivity index (χ3v) is 5.78. The number of fused-ring (bicyclic) bond motifs is 1. The zero-order valence-electron chi connectivity index (χ0n) is 13.6. The fraction of sp³-hybridized carbons (Fsp3) is 0.176. The standard InChI is InChI=1S/C17H17N3O3S/c1-12-10-14(23-3)5-7-17(12)24(21,22)20(2)13-4-6-15-16(11-13)19-9-8-18-15/h4-11H,1-3H3. The Bertz CT molecular complexity index is 1000. The van der Waals surface area contributed by atoms with Gasteiger partial charge in [0.2, 0.25) is 0 Å². The van der Waals surface area contributed by atoms with Crippen LogP contribution < -0.4 is 9.04 Å². The van der Waals surface area contributed by atoms with Crippen molar-refractivity contribution in [1.82, 2.24) is 9.97 Å². The van der Waals surface area contributed by atoms with Gasteiger partial charge in [-0.05, 0) is 48.9 Å². The van der Waals surface area contributed by atoms with E-state index < -0.39 is 10.0 Å². The highest BCUT2D eigenvalue weighted by Gasteiger charge is 2.23. The highest BCUT2D eigenvalue weighted by Crippen LogP contribution is 2.28. The molecular weight excluding hydrogens is 326 g/mol. The maximum Gasteiger partial charge on any atom is 0.264 e. The Balaban J connectivity index is 2.04. The molecule has 3 aromatic rings. The molecule has 0 aliphatic heterocycles. The summed E-state index contributed by atoms with van der Waals surface area (Å²) < 4.78 is 32.3. The van der Waals surface area contributed by atoms with Gasteiger partial charge in [0.05, 0.1) is 28.7 Å². The molecule has 0 saturated carbocycles. The molecule has 7 heteroatoms. The number of rotatable bonds is 4. The van der Waals surface area contributed by atoms with Crippen molar-refractivity contribution in [2.45, 2.75) is 11.8 Å². The van der Waals surface area contributed by atoms with E-state index >= 15 is 0 Å². The van der Waals surface area contributed by atoms with E-state index in [1.807, 2.05) is 0 Å². The van der Waals surface area contributed by atoms with E-state index in [2.05, 4.69) is 9.97 Å². The summed E-state index contributed by atoms with van der Waals surface area (Å²) in [6.45, 7) is 1.75. The van der Waals surface area contributed by atoms with Gasteiger partial charge >= 0.3 is 0 Å². The van der Waals surface area contributed by atoms with Crippen LogP contribution in [0.5, 0.6) is 5.75 Å². The van der Waals surface area contributed by atoms with Crippen LogP contribution in [-0.2, 0) is 10.0 Å². The lowest BCUT2D eigenvalue weighted by Crippen LogP contribution is -2.27. The minimum atomic E-state index is -3.69. The third kappa shape index (κ3) is 2.78. The second kappa shape index (κ2) is 6.09. The number of nitrogens with zero attached hydrogens (tertiary/aromatic N) is 3. The first-order chi connectivity index (χ1) is 11.4. The van der Waals surface area contributed by atoms with Crippen LogP contribution in [0, 0.1) is 6.92 Å². The lowest BCUT2D eigenvalue weighted by Gasteiger charge is -2.21.